The van der Waals surface area contributed by atoms with Gasteiger partial charge in [-0.3, -0.25) is 0 Å². The molecule has 0 atom stereocenters. The molecular weight excluding hydrogens is 142 g/mol. The highest BCUT2D eigenvalue weighted by molar-refractivity contribution is 5.40. The highest BCUT2D eigenvalue weighted by Crippen LogP contribution is 2.24. The van der Waals surface area contributed by atoms with Gasteiger partial charge in [-0.15, -0.1) is 0 Å². The zero-order chi connectivity index (χ0) is 10.1. The van der Waals surface area contributed by atoms with Crippen LogP contribution in [0.15, 0.2) is 18.2 Å². The van der Waals surface area contributed by atoms with Crippen LogP contribution in [-0.4, -0.2) is 16.8 Å². The monoisotopic (exact) mass is 157 g/mol. The molecule has 4 N–H and O–H groups in total. The van der Waals surface area contributed by atoms with Crippen molar-refractivity contribution in [3.05, 3.63) is 23.8 Å². The summed E-state index contributed by atoms with van der Waals surface area (Å²) < 4.78 is 14.9. The summed E-state index contributed by atoms with van der Waals surface area (Å²) in [6.45, 7) is -0.169. The van der Waals surface area contributed by atoms with Crippen molar-refractivity contribution in [3.63, 3.8) is 0 Å². The summed E-state index contributed by atoms with van der Waals surface area (Å²) in [6, 6.07) is 3.79. The predicted molar refractivity (Wildman–Crippen MR) is 42.5 cm³/mol. The van der Waals surface area contributed by atoms with Gasteiger partial charge in [0.05, 0.1) is 0 Å². The molecule has 60 valence electrons. The maximum absolute atomic E-state index is 9.10. The second-order valence-corrected chi connectivity index (χ2v) is 2.08. The van der Waals surface area contributed by atoms with E-state index in [1.165, 1.54) is 18.2 Å². The van der Waals surface area contributed by atoms with Gasteiger partial charge in [-0.25, -0.2) is 0 Å². The van der Waals surface area contributed by atoms with Crippen molar-refractivity contribution in [2.75, 3.05) is 6.54 Å². The van der Waals surface area contributed by atoms with E-state index in [4.69, 9.17) is 18.7 Å². The Kier molecular flexibility index (Phi) is 1.61. The second kappa shape index (κ2) is 3.25. The van der Waals surface area contributed by atoms with E-state index in [-0.39, 0.29) is 23.6 Å². The number of hydrogen-bond acceptors (Lipinski definition) is 3. The van der Waals surface area contributed by atoms with Crippen LogP contribution in [0.3, 0.4) is 0 Å². The van der Waals surface area contributed by atoms with E-state index in [0.717, 1.165) is 0 Å². The number of rotatable bonds is 2. The van der Waals surface area contributed by atoms with Crippen LogP contribution in [0.2, 0.25) is 0 Å². The topological polar surface area (TPSA) is 66.5 Å². The van der Waals surface area contributed by atoms with Gasteiger partial charge in [0.25, 0.3) is 0 Å². The Morgan fingerprint density at radius 3 is 2.64 bits per heavy atom. The first kappa shape index (κ1) is 5.43. The molecule has 0 aliphatic rings. The first-order chi connectivity index (χ1) is 5.97. The van der Waals surface area contributed by atoms with E-state index in [0.29, 0.717) is 0 Å². The number of nitrogens with two attached hydrogens (primary N) is 1. The summed E-state index contributed by atoms with van der Waals surface area (Å²) in [6.07, 6.45) is -1.68. The average molecular weight is 157 g/mol. The van der Waals surface area contributed by atoms with E-state index in [1.807, 2.05) is 0 Å². The molecule has 1 aromatic carbocycles. The molecule has 0 amide bonds. The smallest absolute Gasteiger partial charge is 0.157 e. The Bertz CT molecular complexity index is 315. The van der Waals surface area contributed by atoms with E-state index in [9.17, 15) is 0 Å². The van der Waals surface area contributed by atoms with Crippen molar-refractivity contribution in [2.45, 2.75) is 6.37 Å². The SMILES string of the molecule is [3H]C([3H])(CN)c1ccc(O)c(O)c1. The van der Waals surface area contributed by atoms with Crippen molar-refractivity contribution in [2.24, 2.45) is 5.73 Å². The molecule has 3 heteroatoms. The molecule has 0 unspecified atom stereocenters. The van der Waals surface area contributed by atoms with Crippen molar-refractivity contribution in [1.29, 1.82) is 0 Å². The first-order valence-electron chi connectivity index (χ1n) is 4.20. The van der Waals surface area contributed by atoms with Crippen molar-refractivity contribution in [3.8, 4) is 11.5 Å². The Morgan fingerprint density at radius 2 is 2.09 bits per heavy atom. The molecular formula is C8H11NO2. The number of aromatic hydroxyl groups is 2. The maximum atomic E-state index is 9.10. The lowest BCUT2D eigenvalue weighted by Gasteiger charge is -2.00. The fraction of sp³-hybridized carbons (Fsp3) is 0.250. The van der Waals surface area contributed by atoms with Gasteiger partial charge in [-0.05, 0) is 30.6 Å². The number of hydrogen-bond donors (Lipinski definition) is 3. The van der Waals surface area contributed by atoms with Crippen LogP contribution in [0.1, 0.15) is 8.30 Å². The van der Waals surface area contributed by atoms with Gasteiger partial charge in [0.15, 0.2) is 11.5 Å². The molecule has 0 aromatic heterocycles. The molecule has 1 rings (SSSR count). The largest absolute Gasteiger partial charge is 0.504 e. The minimum atomic E-state index is -1.68. The molecule has 0 spiro atoms. The molecule has 0 fully saturated rings. The molecule has 0 saturated heterocycles. The number of phenolic OH excluding ortho intramolecular Hbond substituents is 2. The average Bonchev–Trinajstić information content (AvgIpc) is 2.09. The maximum Gasteiger partial charge on any atom is 0.157 e. The highest BCUT2D eigenvalue weighted by atomic mass is 16.3. The second-order valence-electron chi connectivity index (χ2n) is 2.08. The quantitative estimate of drug-likeness (QED) is 0.551. The van der Waals surface area contributed by atoms with Gasteiger partial charge in [-0.1, -0.05) is 6.07 Å². The minimum Gasteiger partial charge on any atom is -0.504 e. The standard InChI is InChI=1S/C8H11NO2/c9-4-3-6-1-2-7(10)8(11)5-6/h1-2,5,10-11H,3-4,9H2/i3T2. The zero-order valence-corrected chi connectivity index (χ0v) is 5.91. The third kappa shape index (κ3) is 1.85. The van der Waals surface area contributed by atoms with Crippen LogP contribution >= 0.6 is 0 Å². The Morgan fingerprint density at radius 1 is 1.36 bits per heavy atom. The Balaban J connectivity index is 3.10. The van der Waals surface area contributed by atoms with Crippen LogP contribution in [0.25, 0.3) is 0 Å². The lowest BCUT2D eigenvalue weighted by atomic mass is 10.1. The molecule has 0 aliphatic heterocycles. The van der Waals surface area contributed by atoms with E-state index in [2.05, 4.69) is 0 Å². The van der Waals surface area contributed by atoms with Gasteiger partial charge in [0, 0.05) is 2.74 Å². The van der Waals surface area contributed by atoms with E-state index >= 15 is 0 Å². The molecule has 0 bridgehead atoms. The first-order valence-corrected chi connectivity index (χ1v) is 3.20. The molecule has 1 aromatic rings. The summed E-state index contributed by atoms with van der Waals surface area (Å²) in [7, 11) is 0. The number of benzene rings is 1. The van der Waals surface area contributed by atoms with E-state index in [1.54, 1.807) is 0 Å². The molecule has 0 heterocycles. The third-order valence-corrected chi connectivity index (χ3v) is 1.28. The molecule has 0 aliphatic carbocycles. The van der Waals surface area contributed by atoms with Crippen molar-refractivity contribution in [1.82, 2.24) is 0 Å². The van der Waals surface area contributed by atoms with Crippen LogP contribution in [0.4, 0.5) is 0 Å². The predicted octanol–water partition coefficient (Wildman–Crippen LogP) is 0.599. The fourth-order valence-corrected chi connectivity index (χ4v) is 0.751. The summed E-state index contributed by atoms with van der Waals surface area (Å²) in [4.78, 5) is 0. The lowest BCUT2D eigenvalue weighted by molar-refractivity contribution is 0.403. The Hall–Kier alpha value is -1.22. The number of phenols is 2. The van der Waals surface area contributed by atoms with Gasteiger partial charge in [0.1, 0.15) is 0 Å². The normalized spacial score (nSPS) is 13.9. The Labute approximate surface area is 67.9 Å². The van der Waals surface area contributed by atoms with Crippen molar-refractivity contribution < 1.29 is 13.0 Å². The molecule has 3 nitrogen and oxygen atoms in total. The van der Waals surface area contributed by atoms with Crippen molar-refractivity contribution >= 4 is 0 Å². The summed E-state index contributed by atoms with van der Waals surface area (Å²) in [5.41, 5.74) is 5.46. The van der Waals surface area contributed by atoms with E-state index < -0.39 is 6.37 Å². The third-order valence-electron chi connectivity index (χ3n) is 1.28. The zero-order valence-electron chi connectivity index (χ0n) is 7.91. The van der Waals surface area contributed by atoms with Gasteiger partial charge < -0.3 is 15.9 Å². The summed E-state index contributed by atoms with van der Waals surface area (Å²) in [5.74, 6) is -0.605. The summed E-state index contributed by atoms with van der Waals surface area (Å²) in [5, 5.41) is 18.1. The minimum absolute atomic E-state index is 0.169. The van der Waals surface area contributed by atoms with Gasteiger partial charge in [-0.2, -0.15) is 0 Å². The summed E-state index contributed by atoms with van der Waals surface area (Å²) >= 11 is 0. The fourth-order valence-electron chi connectivity index (χ4n) is 0.751. The molecule has 0 saturated carbocycles. The van der Waals surface area contributed by atoms with Gasteiger partial charge in [0.2, 0.25) is 0 Å². The van der Waals surface area contributed by atoms with Crippen LogP contribution in [0.5, 0.6) is 11.5 Å². The molecule has 11 heavy (non-hydrogen) atoms. The highest BCUT2D eigenvalue weighted by Gasteiger charge is 1.98. The van der Waals surface area contributed by atoms with Crippen LogP contribution in [0, 0.1) is 0 Å². The van der Waals surface area contributed by atoms with Crippen LogP contribution in [-0.2, 0) is 6.37 Å². The van der Waals surface area contributed by atoms with Crippen LogP contribution < -0.4 is 5.73 Å². The van der Waals surface area contributed by atoms with Gasteiger partial charge >= 0.3 is 0 Å². The molecule has 0 radical (unpaired) electrons. The lowest BCUT2D eigenvalue weighted by Crippen LogP contribution is -2.02.